The van der Waals surface area contributed by atoms with Gasteiger partial charge in [0.05, 0.1) is 11.6 Å². The molecule has 0 radical (unpaired) electrons. The topological polar surface area (TPSA) is 69.1 Å². The number of nitro groups is 1. The molecule has 2 aromatic rings. The van der Waals surface area contributed by atoms with Crippen molar-refractivity contribution < 1.29 is 4.92 Å². The molecule has 0 amide bonds. The molecule has 2 rings (SSSR count). The summed E-state index contributed by atoms with van der Waals surface area (Å²) in [5.41, 5.74) is 0.981. The molecular weight excluding hydrogens is 278 g/mol. The van der Waals surface area contributed by atoms with Crippen LogP contribution in [0, 0.1) is 14.9 Å². The van der Waals surface area contributed by atoms with Crippen LogP contribution in [-0.4, -0.2) is 31.2 Å². The highest BCUT2D eigenvalue weighted by Gasteiger charge is 2.08. The molecule has 1 aromatic carbocycles. The van der Waals surface area contributed by atoms with Crippen LogP contribution in [0.25, 0.3) is 0 Å². The highest BCUT2D eigenvalue weighted by molar-refractivity contribution is 7.71. The zero-order valence-electron chi connectivity index (χ0n) is 11.3. The number of nitro benzene ring substituents is 1. The minimum Gasteiger partial charge on any atom is -0.310 e. The lowest BCUT2D eigenvalue weighted by Gasteiger charge is -2.16. The Kier molecular flexibility index (Phi) is 4.26. The number of benzene rings is 1. The van der Waals surface area contributed by atoms with Gasteiger partial charge >= 0.3 is 0 Å². The molecule has 0 saturated heterocycles. The lowest BCUT2D eigenvalue weighted by Crippen LogP contribution is -2.22. The van der Waals surface area contributed by atoms with Crippen LogP contribution in [0.15, 0.2) is 30.6 Å². The molecule has 0 fully saturated rings. The SMILES string of the molecule is CN(Cc1cccc([N+](=O)[O-])c1)Cn1ncn(C)c1=S. The third-order valence-corrected chi connectivity index (χ3v) is 3.33. The van der Waals surface area contributed by atoms with Crippen molar-refractivity contribution in [3.63, 3.8) is 0 Å². The number of hydrogen-bond donors (Lipinski definition) is 0. The van der Waals surface area contributed by atoms with Crippen LogP contribution in [-0.2, 0) is 20.3 Å². The zero-order chi connectivity index (χ0) is 14.7. The van der Waals surface area contributed by atoms with Gasteiger partial charge < -0.3 is 4.57 Å². The number of hydrogen-bond acceptors (Lipinski definition) is 5. The quantitative estimate of drug-likeness (QED) is 0.479. The van der Waals surface area contributed by atoms with Crippen LogP contribution >= 0.6 is 12.2 Å². The van der Waals surface area contributed by atoms with Gasteiger partial charge in [-0.2, -0.15) is 5.10 Å². The van der Waals surface area contributed by atoms with E-state index in [0.717, 1.165) is 5.56 Å². The first kappa shape index (κ1) is 14.4. The smallest absolute Gasteiger partial charge is 0.269 e. The summed E-state index contributed by atoms with van der Waals surface area (Å²) in [5.74, 6) is 0. The summed E-state index contributed by atoms with van der Waals surface area (Å²) in [5, 5.41) is 14.9. The predicted octanol–water partition coefficient (Wildman–Crippen LogP) is 1.95. The Morgan fingerprint density at radius 2 is 2.25 bits per heavy atom. The monoisotopic (exact) mass is 293 g/mol. The van der Waals surface area contributed by atoms with Crippen molar-refractivity contribution in [2.45, 2.75) is 13.2 Å². The van der Waals surface area contributed by atoms with Crippen LogP contribution in [0.3, 0.4) is 0 Å². The largest absolute Gasteiger partial charge is 0.310 e. The first-order valence-corrected chi connectivity index (χ1v) is 6.38. The second-order valence-corrected chi connectivity index (χ2v) is 4.97. The number of nitrogens with zero attached hydrogens (tertiary/aromatic N) is 5. The first-order chi connectivity index (χ1) is 9.47. The summed E-state index contributed by atoms with van der Waals surface area (Å²) >= 11 is 5.21. The van der Waals surface area contributed by atoms with Crippen molar-refractivity contribution in [1.82, 2.24) is 19.2 Å². The molecule has 1 heterocycles. The maximum absolute atomic E-state index is 10.7. The summed E-state index contributed by atoms with van der Waals surface area (Å²) in [6.45, 7) is 1.11. The van der Waals surface area contributed by atoms with E-state index < -0.39 is 4.92 Å². The second-order valence-electron chi connectivity index (χ2n) is 4.61. The minimum atomic E-state index is -0.391. The molecule has 7 nitrogen and oxygen atoms in total. The third-order valence-electron chi connectivity index (χ3n) is 2.84. The Balaban J connectivity index is 2.06. The lowest BCUT2D eigenvalue weighted by molar-refractivity contribution is -0.384. The molecule has 0 aliphatic rings. The second kappa shape index (κ2) is 5.93. The van der Waals surface area contributed by atoms with E-state index in [4.69, 9.17) is 12.2 Å². The zero-order valence-corrected chi connectivity index (χ0v) is 12.1. The van der Waals surface area contributed by atoms with Gasteiger partial charge in [0.15, 0.2) is 4.77 Å². The summed E-state index contributed by atoms with van der Waals surface area (Å²) in [6.07, 6.45) is 1.66. The van der Waals surface area contributed by atoms with Crippen molar-refractivity contribution in [2.24, 2.45) is 7.05 Å². The Labute approximate surface area is 121 Å². The van der Waals surface area contributed by atoms with E-state index in [-0.39, 0.29) is 5.69 Å². The van der Waals surface area contributed by atoms with Gasteiger partial charge in [-0.1, -0.05) is 12.1 Å². The highest BCUT2D eigenvalue weighted by Crippen LogP contribution is 2.14. The van der Waals surface area contributed by atoms with Crippen LogP contribution < -0.4 is 0 Å². The van der Waals surface area contributed by atoms with Gasteiger partial charge in [0.25, 0.3) is 5.69 Å². The van der Waals surface area contributed by atoms with Crippen molar-refractivity contribution >= 4 is 17.9 Å². The standard InChI is InChI=1S/C12H15N5O2S/c1-14(9-16-12(20)15(2)8-13-16)7-10-4-3-5-11(6-10)17(18)19/h3-6,8H,7,9H2,1-2H3. The molecular formula is C12H15N5O2S. The van der Waals surface area contributed by atoms with Crippen LogP contribution in [0.5, 0.6) is 0 Å². The van der Waals surface area contributed by atoms with Crippen LogP contribution in [0.1, 0.15) is 5.56 Å². The van der Waals surface area contributed by atoms with Gasteiger partial charge in [-0.05, 0) is 24.8 Å². The molecule has 0 saturated carbocycles. The van der Waals surface area contributed by atoms with Crippen LogP contribution in [0.2, 0.25) is 0 Å². The van der Waals surface area contributed by atoms with Crippen molar-refractivity contribution in [3.8, 4) is 0 Å². The minimum absolute atomic E-state index is 0.102. The molecule has 1 aromatic heterocycles. The number of aryl methyl sites for hydroxylation is 1. The Bertz CT molecular complexity index is 678. The molecule has 0 bridgehead atoms. The summed E-state index contributed by atoms with van der Waals surface area (Å²) in [7, 11) is 3.75. The summed E-state index contributed by atoms with van der Waals surface area (Å²) in [4.78, 5) is 12.3. The van der Waals surface area contributed by atoms with Crippen molar-refractivity contribution in [1.29, 1.82) is 0 Å². The van der Waals surface area contributed by atoms with Crippen molar-refractivity contribution in [3.05, 3.63) is 51.0 Å². The fourth-order valence-electron chi connectivity index (χ4n) is 1.88. The fraction of sp³-hybridized carbons (Fsp3) is 0.333. The third kappa shape index (κ3) is 3.28. The van der Waals surface area contributed by atoms with E-state index in [9.17, 15) is 10.1 Å². The molecule has 106 valence electrons. The van der Waals surface area contributed by atoms with E-state index in [1.807, 2.05) is 25.1 Å². The molecule has 0 atom stereocenters. The number of non-ortho nitro benzene ring substituents is 1. The molecule has 0 spiro atoms. The van der Waals surface area contributed by atoms with Gasteiger partial charge in [-0.15, -0.1) is 0 Å². The van der Waals surface area contributed by atoms with Crippen molar-refractivity contribution in [2.75, 3.05) is 7.05 Å². The molecule has 20 heavy (non-hydrogen) atoms. The Hall–Kier alpha value is -2.06. The summed E-state index contributed by atoms with van der Waals surface area (Å²) in [6, 6.07) is 6.61. The maximum Gasteiger partial charge on any atom is 0.269 e. The number of rotatable bonds is 5. The molecule has 8 heteroatoms. The van der Waals surface area contributed by atoms with E-state index in [0.29, 0.717) is 18.0 Å². The van der Waals surface area contributed by atoms with Gasteiger partial charge in [-0.25, -0.2) is 4.68 Å². The fourth-order valence-corrected chi connectivity index (χ4v) is 2.03. The van der Waals surface area contributed by atoms with E-state index >= 15 is 0 Å². The first-order valence-electron chi connectivity index (χ1n) is 5.97. The van der Waals surface area contributed by atoms with E-state index in [1.165, 1.54) is 6.07 Å². The highest BCUT2D eigenvalue weighted by atomic mass is 32.1. The van der Waals surface area contributed by atoms with Gasteiger partial charge in [0.1, 0.15) is 6.33 Å². The van der Waals surface area contributed by atoms with Gasteiger partial charge in [0.2, 0.25) is 0 Å². The van der Waals surface area contributed by atoms with Gasteiger partial charge in [0, 0.05) is 25.7 Å². The maximum atomic E-state index is 10.7. The molecule has 0 aliphatic heterocycles. The van der Waals surface area contributed by atoms with E-state index in [1.54, 1.807) is 27.7 Å². The average molecular weight is 293 g/mol. The number of aromatic nitrogens is 3. The summed E-state index contributed by atoms with van der Waals surface area (Å²) < 4.78 is 4.10. The molecule has 0 unspecified atom stereocenters. The lowest BCUT2D eigenvalue weighted by atomic mass is 10.2. The Morgan fingerprint density at radius 1 is 1.50 bits per heavy atom. The predicted molar refractivity (Wildman–Crippen MR) is 76.6 cm³/mol. The average Bonchev–Trinajstić information content (AvgIpc) is 2.71. The van der Waals surface area contributed by atoms with Crippen LogP contribution in [0.4, 0.5) is 5.69 Å². The van der Waals surface area contributed by atoms with Gasteiger partial charge in [-0.3, -0.25) is 15.0 Å². The Morgan fingerprint density at radius 3 is 2.85 bits per heavy atom. The molecule has 0 N–H and O–H groups in total. The van der Waals surface area contributed by atoms with E-state index in [2.05, 4.69) is 5.10 Å². The molecule has 0 aliphatic carbocycles. The normalized spacial score (nSPS) is 10.9.